The Morgan fingerprint density at radius 1 is 1.18 bits per heavy atom. The highest BCUT2D eigenvalue weighted by Crippen LogP contribution is 2.15. The third-order valence-electron chi connectivity index (χ3n) is 3.07. The number of amides is 2. The molecule has 0 aliphatic heterocycles. The van der Waals surface area contributed by atoms with Crippen LogP contribution in [-0.2, 0) is 0 Å². The van der Waals surface area contributed by atoms with E-state index in [4.69, 9.17) is 16.3 Å². The second kappa shape index (κ2) is 8.29. The van der Waals surface area contributed by atoms with Crippen molar-refractivity contribution in [2.24, 2.45) is 0 Å². The first kappa shape index (κ1) is 16.2. The number of rotatable bonds is 6. The summed E-state index contributed by atoms with van der Waals surface area (Å²) in [5, 5.41) is 3.40. The number of halogens is 1. The molecule has 0 atom stereocenters. The topological polar surface area (TPSA) is 41.6 Å². The van der Waals surface area contributed by atoms with Crippen LogP contribution in [-0.4, -0.2) is 31.1 Å². The van der Waals surface area contributed by atoms with E-state index in [0.29, 0.717) is 23.9 Å². The van der Waals surface area contributed by atoms with Crippen LogP contribution in [0.1, 0.15) is 6.42 Å². The van der Waals surface area contributed by atoms with E-state index in [1.807, 2.05) is 30.3 Å². The lowest BCUT2D eigenvalue weighted by molar-refractivity contribution is 0.216. The first-order valence-electron chi connectivity index (χ1n) is 7.11. The molecule has 2 amide bonds. The largest absolute Gasteiger partial charge is 0.494 e. The van der Waals surface area contributed by atoms with Crippen molar-refractivity contribution >= 4 is 23.3 Å². The van der Waals surface area contributed by atoms with E-state index in [-0.39, 0.29) is 6.03 Å². The molecule has 5 heteroatoms. The lowest BCUT2D eigenvalue weighted by Gasteiger charge is -2.18. The Morgan fingerprint density at radius 3 is 2.68 bits per heavy atom. The molecule has 2 aromatic rings. The first-order chi connectivity index (χ1) is 10.6. The Bertz CT molecular complexity index is 605. The molecule has 0 unspecified atom stereocenters. The van der Waals surface area contributed by atoms with Crippen LogP contribution in [0.3, 0.4) is 0 Å². The molecular formula is C17H19ClN2O2. The van der Waals surface area contributed by atoms with Gasteiger partial charge in [0.05, 0.1) is 6.61 Å². The number of anilines is 1. The highest BCUT2D eigenvalue weighted by Gasteiger charge is 2.08. The summed E-state index contributed by atoms with van der Waals surface area (Å²) in [6.07, 6.45) is 0.758. The summed E-state index contributed by atoms with van der Waals surface area (Å²) < 4.78 is 5.59. The third kappa shape index (κ3) is 5.30. The Balaban J connectivity index is 1.70. The fourth-order valence-corrected chi connectivity index (χ4v) is 2.09. The van der Waals surface area contributed by atoms with Gasteiger partial charge in [0.1, 0.15) is 5.75 Å². The minimum absolute atomic E-state index is 0.165. The average molecular weight is 319 g/mol. The maximum atomic E-state index is 12.0. The molecule has 0 aromatic heterocycles. The standard InChI is InChI=1S/C17H19ClN2O2/c1-20(11-6-12-22-16-9-3-2-4-10-16)17(21)19-15-8-5-7-14(18)13-15/h2-5,7-10,13H,6,11-12H2,1H3,(H,19,21). The van der Waals surface area contributed by atoms with Gasteiger partial charge in [-0.1, -0.05) is 35.9 Å². The molecule has 116 valence electrons. The van der Waals surface area contributed by atoms with Crippen LogP contribution in [0.4, 0.5) is 10.5 Å². The number of carbonyl (C=O) groups excluding carboxylic acids is 1. The fraction of sp³-hybridized carbons (Fsp3) is 0.235. The number of urea groups is 1. The SMILES string of the molecule is CN(CCCOc1ccccc1)C(=O)Nc1cccc(Cl)c1. The summed E-state index contributed by atoms with van der Waals surface area (Å²) in [7, 11) is 1.75. The van der Waals surface area contributed by atoms with Crippen LogP contribution in [0.25, 0.3) is 0 Å². The maximum Gasteiger partial charge on any atom is 0.321 e. The molecule has 1 N–H and O–H groups in total. The monoisotopic (exact) mass is 318 g/mol. The van der Waals surface area contributed by atoms with Crippen molar-refractivity contribution in [3.05, 3.63) is 59.6 Å². The predicted molar refractivity (Wildman–Crippen MR) is 89.7 cm³/mol. The number of nitrogens with one attached hydrogen (secondary N) is 1. The molecule has 0 saturated heterocycles. The van der Waals surface area contributed by atoms with Crippen molar-refractivity contribution in [1.29, 1.82) is 0 Å². The highest BCUT2D eigenvalue weighted by molar-refractivity contribution is 6.30. The van der Waals surface area contributed by atoms with Gasteiger partial charge < -0.3 is 15.0 Å². The Labute approximate surface area is 135 Å². The zero-order valence-electron chi connectivity index (χ0n) is 12.5. The van der Waals surface area contributed by atoms with Gasteiger partial charge in [-0.3, -0.25) is 0 Å². The molecule has 2 aromatic carbocycles. The summed E-state index contributed by atoms with van der Waals surface area (Å²) in [5.74, 6) is 0.841. The summed E-state index contributed by atoms with van der Waals surface area (Å²) >= 11 is 5.89. The van der Waals surface area contributed by atoms with Gasteiger partial charge in [0.25, 0.3) is 0 Å². The van der Waals surface area contributed by atoms with E-state index in [2.05, 4.69) is 5.32 Å². The molecule has 2 rings (SSSR count). The number of ether oxygens (including phenoxy) is 1. The zero-order valence-corrected chi connectivity index (χ0v) is 13.2. The van der Waals surface area contributed by atoms with Crippen LogP contribution in [0, 0.1) is 0 Å². The van der Waals surface area contributed by atoms with Crippen molar-refractivity contribution < 1.29 is 9.53 Å². The minimum Gasteiger partial charge on any atom is -0.494 e. The smallest absolute Gasteiger partial charge is 0.321 e. The van der Waals surface area contributed by atoms with Gasteiger partial charge >= 0.3 is 6.03 Å². The van der Waals surface area contributed by atoms with Gasteiger partial charge in [-0.05, 0) is 36.8 Å². The molecular weight excluding hydrogens is 300 g/mol. The van der Waals surface area contributed by atoms with Crippen molar-refractivity contribution in [3.63, 3.8) is 0 Å². The zero-order chi connectivity index (χ0) is 15.8. The van der Waals surface area contributed by atoms with Crippen molar-refractivity contribution in [2.45, 2.75) is 6.42 Å². The lowest BCUT2D eigenvalue weighted by Crippen LogP contribution is -2.32. The van der Waals surface area contributed by atoms with Gasteiger partial charge in [0, 0.05) is 24.3 Å². The molecule has 0 bridgehead atoms. The van der Waals surface area contributed by atoms with Crippen LogP contribution in [0.2, 0.25) is 5.02 Å². The second-order valence-corrected chi connectivity index (χ2v) is 5.31. The molecule has 0 heterocycles. The van der Waals surface area contributed by atoms with Gasteiger partial charge in [-0.25, -0.2) is 4.79 Å². The molecule has 0 aliphatic rings. The molecule has 0 aliphatic carbocycles. The van der Waals surface area contributed by atoms with E-state index in [0.717, 1.165) is 12.2 Å². The Morgan fingerprint density at radius 2 is 1.95 bits per heavy atom. The first-order valence-corrected chi connectivity index (χ1v) is 7.48. The summed E-state index contributed by atoms with van der Waals surface area (Å²) in [5.41, 5.74) is 0.685. The number of benzene rings is 2. The summed E-state index contributed by atoms with van der Waals surface area (Å²) in [4.78, 5) is 13.6. The highest BCUT2D eigenvalue weighted by atomic mass is 35.5. The van der Waals surface area contributed by atoms with Crippen LogP contribution in [0.15, 0.2) is 54.6 Å². The number of carbonyl (C=O) groups is 1. The molecule has 0 radical (unpaired) electrons. The molecule has 4 nitrogen and oxygen atoms in total. The van der Waals surface area contributed by atoms with Crippen LogP contribution in [0.5, 0.6) is 5.75 Å². The number of para-hydroxylation sites is 1. The Hall–Kier alpha value is -2.20. The minimum atomic E-state index is -0.165. The van der Waals surface area contributed by atoms with Gasteiger partial charge in [-0.2, -0.15) is 0 Å². The van der Waals surface area contributed by atoms with Crippen molar-refractivity contribution in [2.75, 3.05) is 25.5 Å². The van der Waals surface area contributed by atoms with E-state index in [1.165, 1.54) is 0 Å². The average Bonchev–Trinajstić information content (AvgIpc) is 2.52. The summed E-state index contributed by atoms with van der Waals surface area (Å²) in [6, 6.07) is 16.5. The molecule has 22 heavy (non-hydrogen) atoms. The third-order valence-corrected chi connectivity index (χ3v) is 3.31. The Kier molecular flexibility index (Phi) is 6.10. The van der Waals surface area contributed by atoms with E-state index in [9.17, 15) is 4.79 Å². The molecule has 0 saturated carbocycles. The lowest BCUT2D eigenvalue weighted by atomic mass is 10.3. The predicted octanol–water partition coefficient (Wildman–Crippen LogP) is 4.27. The van der Waals surface area contributed by atoms with Crippen molar-refractivity contribution in [1.82, 2.24) is 4.90 Å². The summed E-state index contributed by atoms with van der Waals surface area (Å²) in [6.45, 7) is 1.18. The molecule has 0 spiro atoms. The number of hydrogen-bond acceptors (Lipinski definition) is 2. The normalized spacial score (nSPS) is 10.1. The van der Waals surface area contributed by atoms with Gasteiger partial charge in [0.2, 0.25) is 0 Å². The van der Waals surface area contributed by atoms with E-state index in [1.54, 1.807) is 36.2 Å². The van der Waals surface area contributed by atoms with Gasteiger partial charge in [0.15, 0.2) is 0 Å². The fourth-order valence-electron chi connectivity index (χ4n) is 1.90. The van der Waals surface area contributed by atoms with E-state index >= 15 is 0 Å². The quantitative estimate of drug-likeness (QED) is 0.808. The van der Waals surface area contributed by atoms with Crippen LogP contribution >= 0.6 is 11.6 Å². The van der Waals surface area contributed by atoms with E-state index < -0.39 is 0 Å². The van der Waals surface area contributed by atoms with Crippen LogP contribution < -0.4 is 10.1 Å². The van der Waals surface area contributed by atoms with Crippen molar-refractivity contribution in [3.8, 4) is 5.75 Å². The molecule has 0 fully saturated rings. The van der Waals surface area contributed by atoms with Gasteiger partial charge in [-0.15, -0.1) is 0 Å². The second-order valence-electron chi connectivity index (χ2n) is 4.88. The number of hydrogen-bond donors (Lipinski definition) is 1. The maximum absolute atomic E-state index is 12.0. The number of nitrogens with zero attached hydrogens (tertiary/aromatic N) is 1.